The van der Waals surface area contributed by atoms with Crippen molar-refractivity contribution in [3.63, 3.8) is 0 Å². The number of alkyl halides is 3. The van der Waals surface area contributed by atoms with Crippen LogP contribution in [0.25, 0.3) is 5.69 Å². The maximum Gasteiger partial charge on any atom is 0.416 e. The quantitative estimate of drug-likeness (QED) is 0.596. The molecule has 2 aromatic rings. The molecule has 1 aromatic heterocycles. The molecular formula is C20H24F3N5O2S2. The lowest BCUT2D eigenvalue weighted by Crippen LogP contribution is -2.50. The molecule has 0 N–H and O–H groups in total. The van der Waals surface area contributed by atoms with Gasteiger partial charge in [0.2, 0.25) is 0 Å². The molecule has 0 aliphatic carbocycles. The van der Waals surface area contributed by atoms with Crippen LogP contribution in [0.3, 0.4) is 0 Å². The maximum absolute atomic E-state index is 12.7. The highest BCUT2D eigenvalue weighted by atomic mass is 32.2. The van der Waals surface area contributed by atoms with Gasteiger partial charge in [0, 0.05) is 31.9 Å². The molecule has 0 bridgehead atoms. The number of benzene rings is 1. The first-order valence-corrected chi connectivity index (χ1v) is 11.3. The summed E-state index contributed by atoms with van der Waals surface area (Å²) >= 11 is 6.94. The molecule has 1 amide bonds. The third-order valence-corrected chi connectivity index (χ3v) is 6.09. The van der Waals surface area contributed by atoms with Crippen molar-refractivity contribution in [2.75, 3.05) is 26.2 Å². The Bertz CT molecular complexity index is 949. The van der Waals surface area contributed by atoms with Crippen LogP contribution in [0.5, 0.6) is 0 Å². The predicted molar refractivity (Wildman–Crippen MR) is 120 cm³/mol. The van der Waals surface area contributed by atoms with E-state index in [0.717, 1.165) is 12.1 Å². The molecule has 0 spiro atoms. The number of amides is 1. The smallest absolute Gasteiger partial charge is 0.416 e. The number of carbonyl (C=O) groups excluding carboxylic acids is 1. The minimum atomic E-state index is -4.38. The highest BCUT2D eigenvalue weighted by Gasteiger charge is 2.30. The third-order valence-electron chi connectivity index (χ3n) is 4.53. The van der Waals surface area contributed by atoms with E-state index in [4.69, 9.17) is 17.0 Å². The Morgan fingerprint density at radius 1 is 1.09 bits per heavy atom. The summed E-state index contributed by atoms with van der Waals surface area (Å²) in [5, 5.41) is 8.06. The molecule has 1 aliphatic heterocycles. The number of thioether (sulfide) groups is 1. The van der Waals surface area contributed by atoms with Gasteiger partial charge in [-0.3, -0.25) is 0 Å². The van der Waals surface area contributed by atoms with Crippen molar-refractivity contribution >= 4 is 34.4 Å². The van der Waals surface area contributed by atoms with Gasteiger partial charge in [-0.2, -0.15) is 13.2 Å². The second kappa shape index (κ2) is 9.65. The van der Waals surface area contributed by atoms with E-state index in [2.05, 4.69) is 10.3 Å². The van der Waals surface area contributed by atoms with Gasteiger partial charge in [-0.05, 0) is 45.0 Å². The number of ether oxygens (including phenoxy) is 1. The Morgan fingerprint density at radius 2 is 1.69 bits per heavy atom. The first-order chi connectivity index (χ1) is 14.9. The fourth-order valence-corrected chi connectivity index (χ4v) is 4.05. The minimum absolute atomic E-state index is 0.324. The van der Waals surface area contributed by atoms with E-state index in [-0.39, 0.29) is 6.09 Å². The Morgan fingerprint density at radius 3 is 2.25 bits per heavy atom. The molecule has 32 heavy (non-hydrogen) atoms. The van der Waals surface area contributed by atoms with E-state index >= 15 is 0 Å². The monoisotopic (exact) mass is 487 g/mol. The lowest BCUT2D eigenvalue weighted by Gasteiger charge is -2.36. The topological polar surface area (TPSA) is 63.5 Å². The zero-order chi connectivity index (χ0) is 23.5. The van der Waals surface area contributed by atoms with Crippen molar-refractivity contribution in [2.24, 2.45) is 0 Å². The summed E-state index contributed by atoms with van der Waals surface area (Å²) < 4.78 is 45.6. The van der Waals surface area contributed by atoms with Crippen molar-refractivity contribution in [2.45, 2.75) is 38.3 Å². The molecule has 1 fully saturated rings. The zero-order valence-corrected chi connectivity index (χ0v) is 19.6. The first-order valence-electron chi connectivity index (χ1n) is 9.91. The average molecular weight is 488 g/mol. The fraction of sp³-hybridized carbons (Fsp3) is 0.500. The molecule has 7 nitrogen and oxygen atoms in total. The number of aromatic nitrogens is 3. The molecule has 0 radical (unpaired) electrons. The minimum Gasteiger partial charge on any atom is -0.444 e. The lowest BCUT2D eigenvalue weighted by atomic mass is 10.2. The Labute approximate surface area is 193 Å². The standard InChI is InChI=1S/C20H24F3N5O2S2/c1-19(2,3)30-17(29)26-8-10-27(11-9-26)18(31)32-13-15-12-28(25-24-15)16-6-4-14(5-7-16)20(21,22)23/h4-7,12H,8-11,13H2,1-3H3. The zero-order valence-electron chi connectivity index (χ0n) is 17.9. The summed E-state index contributed by atoms with van der Waals surface area (Å²) in [7, 11) is 0. The number of piperazine rings is 1. The van der Waals surface area contributed by atoms with E-state index in [1.807, 2.05) is 25.7 Å². The number of hydrogen-bond acceptors (Lipinski definition) is 6. The van der Waals surface area contributed by atoms with Gasteiger partial charge in [0.15, 0.2) is 0 Å². The summed E-state index contributed by atoms with van der Waals surface area (Å²) in [6, 6.07) is 4.72. The molecule has 1 saturated heterocycles. The van der Waals surface area contributed by atoms with Crippen molar-refractivity contribution in [3.05, 3.63) is 41.7 Å². The summed E-state index contributed by atoms with van der Waals surface area (Å²) in [6.45, 7) is 7.79. The van der Waals surface area contributed by atoms with Gasteiger partial charge in [-0.25, -0.2) is 9.48 Å². The van der Waals surface area contributed by atoms with Gasteiger partial charge in [0.05, 0.1) is 23.1 Å². The first kappa shape index (κ1) is 24.3. The number of halogens is 3. The summed E-state index contributed by atoms with van der Waals surface area (Å²) in [6.07, 6.45) is -3.04. The van der Waals surface area contributed by atoms with Crippen LogP contribution in [0.2, 0.25) is 0 Å². The van der Waals surface area contributed by atoms with Crippen LogP contribution in [-0.2, 0) is 16.7 Å². The van der Waals surface area contributed by atoms with Crippen LogP contribution in [0, 0.1) is 0 Å². The van der Waals surface area contributed by atoms with Gasteiger partial charge in [-0.1, -0.05) is 29.2 Å². The van der Waals surface area contributed by atoms with E-state index in [1.54, 1.807) is 11.1 Å². The van der Waals surface area contributed by atoms with Crippen LogP contribution in [-0.4, -0.2) is 67.0 Å². The largest absolute Gasteiger partial charge is 0.444 e. The number of hydrogen-bond donors (Lipinski definition) is 0. The van der Waals surface area contributed by atoms with Crippen LogP contribution in [0.4, 0.5) is 18.0 Å². The Balaban J connectivity index is 1.48. The van der Waals surface area contributed by atoms with Gasteiger partial charge in [-0.15, -0.1) is 5.10 Å². The highest BCUT2D eigenvalue weighted by molar-refractivity contribution is 8.22. The molecule has 3 rings (SSSR count). The van der Waals surface area contributed by atoms with Gasteiger partial charge in [0.25, 0.3) is 0 Å². The van der Waals surface area contributed by atoms with E-state index < -0.39 is 17.3 Å². The maximum atomic E-state index is 12.7. The molecule has 0 saturated carbocycles. The molecule has 12 heteroatoms. The summed E-state index contributed by atoms with van der Waals surface area (Å²) in [5.41, 5.74) is -0.0986. The average Bonchev–Trinajstić information content (AvgIpc) is 3.19. The molecule has 0 unspecified atom stereocenters. The summed E-state index contributed by atoms with van der Waals surface area (Å²) in [5.74, 6) is 0.478. The molecule has 0 atom stereocenters. The number of rotatable bonds is 3. The predicted octanol–water partition coefficient (Wildman–Crippen LogP) is 4.36. The molecule has 2 heterocycles. The number of nitrogens with zero attached hydrogens (tertiary/aromatic N) is 5. The second-order valence-electron chi connectivity index (χ2n) is 8.21. The van der Waals surface area contributed by atoms with E-state index in [0.29, 0.717) is 47.6 Å². The Hall–Kier alpha value is -2.34. The van der Waals surface area contributed by atoms with Crippen molar-refractivity contribution in [1.29, 1.82) is 0 Å². The number of carbonyl (C=O) groups is 1. The summed E-state index contributed by atoms with van der Waals surface area (Å²) in [4.78, 5) is 15.9. The van der Waals surface area contributed by atoms with Gasteiger partial charge >= 0.3 is 12.3 Å². The van der Waals surface area contributed by atoms with Crippen LogP contribution < -0.4 is 0 Å². The van der Waals surface area contributed by atoms with Crippen LogP contribution in [0.15, 0.2) is 30.5 Å². The SMILES string of the molecule is CC(C)(C)OC(=O)N1CCN(C(=S)SCc2cn(-c3ccc(C(F)(F)F)cc3)nn2)CC1. The highest BCUT2D eigenvalue weighted by Crippen LogP contribution is 2.29. The van der Waals surface area contributed by atoms with E-state index in [9.17, 15) is 18.0 Å². The van der Waals surface area contributed by atoms with Gasteiger partial charge < -0.3 is 14.5 Å². The van der Waals surface area contributed by atoms with Gasteiger partial charge in [0.1, 0.15) is 9.92 Å². The molecule has 174 valence electrons. The van der Waals surface area contributed by atoms with Crippen LogP contribution >= 0.6 is 24.0 Å². The Kier molecular flexibility index (Phi) is 7.33. The van der Waals surface area contributed by atoms with Crippen molar-refractivity contribution in [3.8, 4) is 5.69 Å². The number of thiocarbonyl (C=S) groups is 1. The third kappa shape index (κ3) is 6.58. The molecule has 1 aliphatic rings. The normalized spacial score (nSPS) is 15.1. The fourth-order valence-electron chi connectivity index (χ4n) is 2.92. The second-order valence-corrected chi connectivity index (χ2v) is 9.82. The lowest BCUT2D eigenvalue weighted by molar-refractivity contribution is -0.137. The van der Waals surface area contributed by atoms with E-state index in [1.165, 1.54) is 28.6 Å². The van der Waals surface area contributed by atoms with Crippen molar-refractivity contribution in [1.82, 2.24) is 24.8 Å². The van der Waals surface area contributed by atoms with Crippen molar-refractivity contribution < 1.29 is 22.7 Å². The molecular weight excluding hydrogens is 463 g/mol. The molecule has 1 aromatic carbocycles. The van der Waals surface area contributed by atoms with Crippen LogP contribution in [0.1, 0.15) is 32.0 Å².